The van der Waals surface area contributed by atoms with Crippen molar-refractivity contribution in [1.82, 2.24) is 4.90 Å². The van der Waals surface area contributed by atoms with Crippen molar-refractivity contribution in [3.05, 3.63) is 35.9 Å². The molecule has 1 heterocycles. The Hall–Kier alpha value is -1.41. The van der Waals surface area contributed by atoms with Gasteiger partial charge in [0.05, 0.1) is 11.7 Å². The lowest BCUT2D eigenvalue weighted by atomic mass is 9.88. The fourth-order valence-corrected chi connectivity index (χ4v) is 3.00. The SMILES string of the molecule is COC1(C)CCCN(CCC(N)(C#N)c2ccccc2)C1. The molecule has 1 fully saturated rings. The van der Waals surface area contributed by atoms with Gasteiger partial charge in [0.1, 0.15) is 5.54 Å². The molecule has 1 aliphatic heterocycles. The Morgan fingerprint density at radius 3 is 2.76 bits per heavy atom. The third-order valence-corrected chi connectivity index (χ3v) is 4.54. The number of piperidine rings is 1. The lowest BCUT2D eigenvalue weighted by Crippen LogP contribution is -2.49. The highest BCUT2D eigenvalue weighted by atomic mass is 16.5. The van der Waals surface area contributed by atoms with Crippen LogP contribution >= 0.6 is 0 Å². The number of ether oxygens (including phenoxy) is 1. The first kappa shape index (κ1) is 16.0. The first-order valence-electron chi connectivity index (χ1n) is 7.54. The number of likely N-dealkylation sites (tertiary alicyclic amines) is 1. The van der Waals surface area contributed by atoms with E-state index in [1.54, 1.807) is 7.11 Å². The Bertz CT molecular complexity index is 499. The first-order chi connectivity index (χ1) is 10.0. The Balaban J connectivity index is 1.99. The average molecular weight is 287 g/mol. The van der Waals surface area contributed by atoms with E-state index in [0.29, 0.717) is 6.42 Å². The molecule has 1 aliphatic rings. The van der Waals surface area contributed by atoms with Crippen LogP contribution < -0.4 is 5.73 Å². The second-order valence-electron chi connectivity index (χ2n) is 6.23. The van der Waals surface area contributed by atoms with Crippen molar-refractivity contribution in [2.45, 2.75) is 37.3 Å². The molecular formula is C17H25N3O. The van der Waals surface area contributed by atoms with Crippen LogP contribution in [0.1, 0.15) is 31.7 Å². The van der Waals surface area contributed by atoms with Crippen LogP contribution in [0.3, 0.4) is 0 Å². The summed E-state index contributed by atoms with van der Waals surface area (Å²) >= 11 is 0. The van der Waals surface area contributed by atoms with Gasteiger partial charge < -0.3 is 15.4 Å². The zero-order valence-corrected chi connectivity index (χ0v) is 13.0. The zero-order chi connectivity index (χ0) is 15.3. The summed E-state index contributed by atoms with van der Waals surface area (Å²) < 4.78 is 5.61. The quantitative estimate of drug-likeness (QED) is 0.902. The second kappa shape index (κ2) is 6.57. The molecule has 2 atom stereocenters. The summed E-state index contributed by atoms with van der Waals surface area (Å²) in [6.45, 7) is 4.92. The molecule has 0 bridgehead atoms. The van der Waals surface area contributed by atoms with Crippen molar-refractivity contribution < 1.29 is 4.74 Å². The first-order valence-corrected chi connectivity index (χ1v) is 7.54. The smallest absolute Gasteiger partial charge is 0.131 e. The minimum Gasteiger partial charge on any atom is -0.377 e. The van der Waals surface area contributed by atoms with Crippen LogP contribution in [-0.2, 0) is 10.3 Å². The molecule has 2 unspecified atom stereocenters. The lowest BCUT2D eigenvalue weighted by molar-refractivity contribution is -0.0514. The summed E-state index contributed by atoms with van der Waals surface area (Å²) in [6, 6.07) is 11.9. The Morgan fingerprint density at radius 2 is 2.14 bits per heavy atom. The largest absolute Gasteiger partial charge is 0.377 e. The van der Waals surface area contributed by atoms with Crippen LogP contribution in [0.15, 0.2) is 30.3 Å². The van der Waals surface area contributed by atoms with Crippen molar-refractivity contribution in [3.63, 3.8) is 0 Å². The van der Waals surface area contributed by atoms with Crippen LogP contribution in [0, 0.1) is 11.3 Å². The number of benzene rings is 1. The monoisotopic (exact) mass is 287 g/mol. The average Bonchev–Trinajstić information content (AvgIpc) is 2.53. The fraction of sp³-hybridized carbons (Fsp3) is 0.588. The number of methoxy groups -OCH3 is 1. The molecule has 4 nitrogen and oxygen atoms in total. The third kappa shape index (κ3) is 3.82. The predicted octanol–water partition coefficient (Wildman–Crippen LogP) is 2.26. The third-order valence-electron chi connectivity index (χ3n) is 4.54. The van der Waals surface area contributed by atoms with E-state index in [0.717, 1.165) is 38.0 Å². The molecule has 0 amide bonds. The van der Waals surface area contributed by atoms with Crippen LogP contribution in [0.5, 0.6) is 0 Å². The Kier molecular flexibility index (Phi) is 5.00. The number of nitrogens with zero attached hydrogens (tertiary/aromatic N) is 2. The minimum absolute atomic E-state index is 0.0745. The highest BCUT2D eigenvalue weighted by Crippen LogP contribution is 2.26. The Labute approximate surface area is 127 Å². The predicted molar refractivity (Wildman–Crippen MR) is 83.6 cm³/mol. The Morgan fingerprint density at radius 1 is 1.43 bits per heavy atom. The summed E-state index contributed by atoms with van der Waals surface area (Å²) in [7, 11) is 1.77. The molecule has 0 saturated carbocycles. The van der Waals surface area contributed by atoms with Crippen molar-refractivity contribution >= 4 is 0 Å². The van der Waals surface area contributed by atoms with Gasteiger partial charge in [0.15, 0.2) is 0 Å². The summed E-state index contributed by atoms with van der Waals surface area (Å²) in [5.41, 5.74) is 6.22. The molecule has 0 spiro atoms. The van der Waals surface area contributed by atoms with Gasteiger partial charge in [-0.15, -0.1) is 0 Å². The van der Waals surface area contributed by atoms with Crippen LogP contribution in [0.25, 0.3) is 0 Å². The molecule has 114 valence electrons. The van der Waals surface area contributed by atoms with Crippen molar-refractivity contribution in [3.8, 4) is 6.07 Å². The van der Waals surface area contributed by atoms with E-state index in [4.69, 9.17) is 10.5 Å². The van der Waals surface area contributed by atoms with Gasteiger partial charge >= 0.3 is 0 Å². The number of nitriles is 1. The van der Waals surface area contributed by atoms with E-state index in [1.165, 1.54) is 0 Å². The highest BCUT2D eigenvalue weighted by molar-refractivity contribution is 5.30. The molecule has 0 aromatic heterocycles. The van der Waals surface area contributed by atoms with E-state index >= 15 is 0 Å². The number of rotatable bonds is 5. The lowest BCUT2D eigenvalue weighted by Gasteiger charge is -2.40. The molecule has 0 aliphatic carbocycles. The molecule has 0 radical (unpaired) electrons. The fourth-order valence-electron chi connectivity index (χ4n) is 3.00. The number of nitrogens with two attached hydrogens (primary N) is 1. The highest BCUT2D eigenvalue weighted by Gasteiger charge is 2.33. The van der Waals surface area contributed by atoms with Gasteiger partial charge in [0, 0.05) is 20.2 Å². The van der Waals surface area contributed by atoms with E-state index < -0.39 is 5.54 Å². The van der Waals surface area contributed by atoms with Crippen molar-refractivity contribution in [2.24, 2.45) is 5.73 Å². The van der Waals surface area contributed by atoms with Gasteiger partial charge in [-0.1, -0.05) is 30.3 Å². The van der Waals surface area contributed by atoms with Gasteiger partial charge in [0.2, 0.25) is 0 Å². The molecule has 2 rings (SSSR count). The van der Waals surface area contributed by atoms with E-state index in [2.05, 4.69) is 17.9 Å². The van der Waals surface area contributed by atoms with E-state index in [9.17, 15) is 5.26 Å². The molecule has 1 saturated heterocycles. The van der Waals surface area contributed by atoms with Crippen LogP contribution in [-0.4, -0.2) is 37.2 Å². The van der Waals surface area contributed by atoms with E-state index in [1.807, 2.05) is 30.3 Å². The zero-order valence-electron chi connectivity index (χ0n) is 13.0. The van der Waals surface area contributed by atoms with Crippen molar-refractivity contribution in [2.75, 3.05) is 26.7 Å². The topological polar surface area (TPSA) is 62.3 Å². The van der Waals surface area contributed by atoms with Gasteiger partial charge in [0.25, 0.3) is 0 Å². The van der Waals surface area contributed by atoms with Crippen LogP contribution in [0.4, 0.5) is 0 Å². The maximum atomic E-state index is 9.50. The van der Waals surface area contributed by atoms with Gasteiger partial charge in [-0.05, 0) is 38.3 Å². The van der Waals surface area contributed by atoms with Crippen molar-refractivity contribution in [1.29, 1.82) is 5.26 Å². The van der Waals surface area contributed by atoms with E-state index in [-0.39, 0.29) is 5.60 Å². The minimum atomic E-state index is -0.915. The number of hydrogen-bond donors (Lipinski definition) is 1. The van der Waals surface area contributed by atoms with Gasteiger partial charge in [-0.2, -0.15) is 5.26 Å². The maximum absolute atomic E-state index is 9.50. The normalized spacial score (nSPS) is 26.0. The second-order valence-corrected chi connectivity index (χ2v) is 6.23. The standard InChI is InChI=1S/C17H25N3O/c1-16(21-2)9-6-11-20(14-16)12-10-17(19,13-18)15-7-4-3-5-8-15/h3-5,7-8H,6,9-12,14,19H2,1-2H3. The van der Waals surface area contributed by atoms with Gasteiger partial charge in [-0.3, -0.25) is 0 Å². The molecule has 1 aromatic carbocycles. The number of hydrogen-bond acceptors (Lipinski definition) is 4. The molecule has 21 heavy (non-hydrogen) atoms. The molecule has 2 N–H and O–H groups in total. The summed E-state index contributed by atoms with van der Waals surface area (Å²) in [5.74, 6) is 0. The molecule has 4 heteroatoms. The summed E-state index contributed by atoms with van der Waals surface area (Å²) in [6.07, 6.45) is 2.85. The maximum Gasteiger partial charge on any atom is 0.131 e. The molecular weight excluding hydrogens is 262 g/mol. The summed E-state index contributed by atoms with van der Waals surface area (Å²) in [4.78, 5) is 2.36. The van der Waals surface area contributed by atoms with Crippen LogP contribution in [0.2, 0.25) is 0 Å². The summed E-state index contributed by atoms with van der Waals surface area (Å²) in [5, 5.41) is 9.50. The van der Waals surface area contributed by atoms with Gasteiger partial charge in [-0.25, -0.2) is 0 Å². The molecule has 1 aromatic rings.